The highest BCUT2D eigenvalue weighted by Crippen LogP contribution is 2.30. The molecule has 0 aliphatic heterocycles. The number of aromatic nitrogens is 4. The van der Waals surface area contributed by atoms with Crippen LogP contribution in [0.1, 0.15) is 11.4 Å². The molecule has 0 radical (unpaired) electrons. The molecular weight excluding hydrogens is 349 g/mol. The van der Waals surface area contributed by atoms with E-state index in [-0.39, 0.29) is 11.5 Å². The maximum Gasteiger partial charge on any atom is 0.416 e. The molecule has 3 aromatic rings. The van der Waals surface area contributed by atoms with Gasteiger partial charge in [0.05, 0.1) is 5.56 Å². The molecule has 134 valence electrons. The summed E-state index contributed by atoms with van der Waals surface area (Å²) in [6.07, 6.45) is 0.0715. The predicted molar refractivity (Wildman–Crippen MR) is 88.0 cm³/mol. The number of benzene rings is 1. The lowest BCUT2D eigenvalue weighted by atomic mass is 10.2. The van der Waals surface area contributed by atoms with Crippen LogP contribution in [0.15, 0.2) is 49.1 Å². The highest BCUT2D eigenvalue weighted by atomic mass is 19.4. The number of anilines is 2. The standard InChI is InChI=1S/C16H13F3N6O/c1-10-20-5-6-25(10)14-8-13(21-9-22-14)24-15(26)23-12-4-2-3-11(7-12)16(17,18)19/h2-9H,1H3,(H2,21,22,23,24,26). The maximum atomic E-state index is 12.7. The average molecular weight is 362 g/mol. The van der Waals surface area contributed by atoms with Gasteiger partial charge in [0.25, 0.3) is 0 Å². The van der Waals surface area contributed by atoms with Crippen molar-refractivity contribution in [2.45, 2.75) is 13.1 Å². The molecule has 2 heterocycles. The molecule has 2 aromatic heterocycles. The number of rotatable bonds is 3. The van der Waals surface area contributed by atoms with Gasteiger partial charge in [-0.15, -0.1) is 0 Å². The van der Waals surface area contributed by atoms with E-state index in [1.165, 1.54) is 24.5 Å². The van der Waals surface area contributed by atoms with Gasteiger partial charge in [0.2, 0.25) is 0 Å². The first-order chi connectivity index (χ1) is 12.3. The van der Waals surface area contributed by atoms with Crippen LogP contribution in [0.25, 0.3) is 5.82 Å². The fraction of sp³-hybridized carbons (Fsp3) is 0.125. The maximum absolute atomic E-state index is 12.7. The molecule has 2 N–H and O–H groups in total. The van der Waals surface area contributed by atoms with Gasteiger partial charge in [-0.2, -0.15) is 13.2 Å². The monoisotopic (exact) mass is 362 g/mol. The van der Waals surface area contributed by atoms with Gasteiger partial charge in [0.1, 0.15) is 23.8 Å². The van der Waals surface area contributed by atoms with Gasteiger partial charge in [0, 0.05) is 24.1 Å². The molecule has 0 fully saturated rings. The highest BCUT2D eigenvalue weighted by molar-refractivity contribution is 5.99. The molecular formula is C16H13F3N6O. The van der Waals surface area contributed by atoms with E-state index in [0.717, 1.165) is 12.1 Å². The number of nitrogens with zero attached hydrogens (tertiary/aromatic N) is 4. The first-order valence-corrected chi connectivity index (χ1v) is 7.40. The summed E-state index contributed by atoms with van der Waals surface area (Å²) in [6.45, 7) is 1.79. The fourth-order valence-electron chi connectivity index (χ4n) is 2.22. The van der Waals surface area contributed by atoms with E-state index in [1.54, 1.807) is 23.9 Å². The molecule has 0 saturated carbocycles. The minimum atomic E-state index is -4.49. The zero-order valence-electron chi connectivity index (χ0n) is 13.4. The van der Waals surface area contributed by atoms with Crippen molar-refractivity contribution in [3.05, 3.63) is 60.4 Å². The van der Waals surface area contributed by atoms with Crippen LogP contribution < -0.4 is 10.6 Å². The second-order valence-corrected chi connectivity index (χ2v) is 5.26. The molecule has 0 aliphatic carbocycles. The number of alkyl halides is 3. The lowest BCUT2D eigenvalue weighted by Crippen LogP contribution is -2.20. The lowest BCUT2D eigenvalue weighted by Gasteiger charge is -2.11. The van der Waals surface area contributed by atoms with Gasteiger partial charge in [-0.05, 0) is 25.1 Å². The number of carbonyl (C=O) groups excluding carboxylic acids is 1. The summed E-state index contributed by atoms with van der Waals surface area (Å²) in [6, 6.07) is 5.13. The van der Waals surface area contributed by atoms with Crippen LogP contribution in [0.5, 0.6) is 0 Å². The molecule has 0 atom stereocenters. The third-order valence-electron chi connectivity index (χ3n) is 3.41. The highest BCUT2D eigenvalue weighted by Gasteiger charge is 2.30. The smallest absolute Gasteiger partial charge is 0.308 e. The fourth-order valence-corrected chi connectivity index (χ4v) is 2.22. The molecule has 7 nitrogen and oxygen atoms in total. The van der Waals surface area contributed by atoms with Crippen molar-refractivity contribution in [1.82, 2.24) is 19.5 Å². The van der Waals surface area contributed by atoms with Gasteiger partial charge >= 0.3 is 12.2 Å². The number of halogens is 3. The summed E-state index contributed by atoms with van der Waals surface area (Å²) < 4.78 is 39.8. The summed E-state index contributed by atoms with van der Waals surface area (Å²) in [5.41, 5.74) is -0.840. The largest absolute Gasteiger partial charge is 0.416 e. The Labute approximate surface area is 145 Å². The average Bonchev–Trinajstić information content (AvgIpc) is 3.00. The van der Waals surface area contributed by atoms with Crippen molar-refractivity contribution < 1.29 is 18.0 Å². The number of urea groups is 1. The van der Waals surface area contributed by atoms with Crippen molar-refractivity contribution in [3.8, 4) is 5.82 Å². The number of hydrogen-bond acceptors (Lipinski definition) is 4. The Morgan fingerprint density at radius 1 is 1.12 bits per heavy atom. The second kappa shape index (κ2) is 6.82. The van der Waals surface area contributed by atoms with E-state index < -0.39 is 17.8 Å². The molecule has 2 amide bonds. The van der Waals surface area contributed by atoms with Gasteiger partial charge in [-0.25, -0.2) is 19.7 Å². The van der Waals surface area contributed by atoms with Gasteiger partial charge in [0.15, 0.2) is 0 Å². The van der Waals surface area contributed by atoms with Crippen LogP contribution in [0.2, 0.25) is 0 Å². The molecule has 0 saturated heterocycles. The van der Waals surface area contributed by atoms with Crippen LogP contribution in [-0.2, 0) is 6.18 Å². The van der Waals surface area contributed by atoms with Crippen LogP contribution in [-0.4, -0.2) is 25.6 Å². The zero-order valence-corrected chi connectivity index (χ0v) is 13.4. The minimum Gasteiger partial charge on any atom is -0.308 e. The number of nitrogens with one attached hydrogen (secondary N) is 2. The summed E-state index contributed by atoms with van der Waals surface area (Å²) in [5, 5.41) is 4.79. The van der Waals surface area contributed by atoms with E-state index in [1.807, 2.05) is 0 Å². The molecule has 0 unspecified atom stereocenters. The van der Waals surface area contributed by atoms with Crippen molar-refractivity contribution >= 4 is 17.5 Å². The van der Waals surface area contributed by atoms with Gasteiger partial charge in [-0.1, -0.05) is 6.07 Å². The van der Waals surface area contributed by atoms with E-state index in [9.17, 15) is 18.0 Å². The van der Waals surface area contributed by atoms with E-state index in [2.05, 4.69) is 25.6 Å². The molecule has 26 heavy (non-hydrogen) atoms. The van der Waals surface area contributed by atoms with Crippen LogP contribution >= 0.6 is 0 Å². The Bertz CT molecular complexity index is 937. The Balaban J connectivity index is 1.72. The van der Waals surface area contributed by atoms with Crippen LogP contribution in [0, 0.1) is 6.92 Å². The van der Waals surface area contributed by atoms with Crippen molar-refractivity contribution in [2.75, 3.05) is 10.6 Å². The quantitative estimate of drug-likeness (QED) is 0.745. The normalized spacial score (nSPS) is 11.2. The SMILES string of the molecule is Cc1nccn1-c1cc(NC(=O)Nc2cccc(C(F)(F)F)c2)ncn1. The van der Waals surface area contributed by atoms with E-state index in [4.69, 9.17) is 0 Å². The third kappa shape index (κ3) is 3.97. The predicted octanol–water partition coefficient (Wildman–Crippen LogP) is 3.63. The Kier molecular flexibility index (Phi) is 4.57. The molecule has 0 spiro atoms. The van der Waals surface area contributed by atoms with Gasteiger partial charge in [-0.3, -0.25) is 9.88 Å². The number of amides is 2. The Morgan fingerprint density at radius 2 is 1.92 bits per heavy atom. The molecule has 0 aliphatic rings. The minimum absolute atomic E-state index is 0.0112. The van der Waals surface area contributed by atoms with Crippen molar-refractivity contribution in [1.29, 1.82) is 0 Å². The summed E-state index contributed by atoms with van der Waals surface area (Å²) in [5.74, 6) is 1.38. The number of hydrogen-bond donors (Lipinski definition) is 2. The number of imidazole rings is 1. The molecule has 1 aromatic carbocycles. The van der Waals surface area contributed by atoms with Crippen LogP contribution in [0.4, 0.5) is 29.5 Å². The first kappa shape index (κ1) is 17.4. The second-order valence-electron chi connectivity index (χ2n) is 5.26. The van der Waals surface area contributed by atoms with Crippen LogP contribution in [0.3, 0.4) is 0 Å². The first-order valence-electron chi connectivity index (χ1n) is 7.40. The summed E-state index contributed by atoms with van der Waals surface area (Å²) in [4.78, 5) is 24.1. The Morgan fingerprint density at radius 3 is 2.62 bits per heavy atom. The summed E-state index contributed by atoms with van der Waals surface area (Å²) >= 11 is 0. The van der Waals surface area contributed by atoms with E-state index >= 15 is 0 Å². The lowest BCUT2D eigenvalue weighted by molar-refractivity contribution is -0.137. The van der Waals surface area contributed by atoms with Crippen molar-refractivity contribution in [3.63, 3.8) is 0 Å². The molecule has 10 heteroatoms. The number of aryl methyl sites for hydroxylation is 1. The molecule has 3 rings (SSSR count). The van der Waals surface area contributed by atoms with Gasteiger partial charge < -0.3 is 5.32 Å². The zero-order chi connectivity index (χ0) is 18.7. The molecule has 0 bridgehead atoms. The van der Waals surface area contributed by atoms with Crippen molar-refractivity contribution in [2.24, 2.45) is 0 Å². The third-order valence-corrected chi connectivity index (χ3v) is 3.41. The topological polar surface area (TPSA) is 84.7 Å². The van der Waals surface area contributed by atoms with E-state index in [0.29, 0.717) is 11.6 Å². The number of carbonyl (C=O) groups is 1. The Hall–Kier alpha value is -3.43. The summed E-state index contributed by atoms with van der Waals surface area (Å²) in [7, 11) is 0.